The second-order valence-electron chi connectivity index (χ2n) is 1.79. The van der Waals surface area contributed by atoms with E-state index in [9.17, 15) is 0 Å². The average Bonchev–Trinajstić information content (AvgIpc) is 1.89. The molecule has 0 unspecified atom stereocenters. The van der Waals surface area contributed by atoms with Crippen molar-refractivity contribution in [3.63, 3.8) is 0 Å². The fraction of sp³-hybridized carbons (Fsp3) is 0.714. The highest BCUT2D eigenvalue weighted by molar-refractivity contribution is 9.11. The first-order valence-electron chi connectivity index (χ1n) is 3.24. The quantitative estimate of drug-likeness (QED) is 0.610. The van der Waals surface area contributed by atoms with Crippen molar-refractivity contribution in [3.8, 4) is 0 Å². The van der Waals surface area contributed by atoms with Gasteiger partial charge in [-0.2, -0.15) is 0 Å². The normalized spacial score (nSPS) is 10.9. The number of halogens is 1. The summed E-state index contributed by atoms with van der Waals surface area (Å²) >= 11 is 3.16. The van der Waals surface area contributed by atoms with Crippen LogP contribution in [0.3, 0.4) is 0 Å². The van der Waals surface area contributed by atoms with E-state index in [-0.39, 0.29) is 0 Å². The molecule has 0 saturated heterocycles. The maximum absolute atomic E-state index is 5.20. The Kier molecular flexibility index (Phi) is 8.34. The standard InChI is InChI=1S/C7H13BrO/c1-2-3-6-9-7-4-5-8/h4-5H,2-3,6-7H2,1H3/b5-4-. The van der Waals surface area contributed by atoms with Crippen LogP contribution in [0.4, 0.5) is 0 Å². The van der Waals surface area contributed by atoms with Crippen LogP contribution in [0.1, 0.15) is 19.8 Å². The van der Waals surface area contributed by atoms with Crippen molar-refractivity contribution < 1.29 is 4.74 Å². The molecule has 0 aliphatic rings. The third-order valence-electron chi connectivity index (χ3n) is 0.945. The van der Waals surface area contributed by atoms with Crippen molar-refractivity contribution in [2.24, 2.45) is 0 Å². The van der Waals surface area contributed by atoms with E-state index in [2.05, 4.69) is 22.9 Å². The van der Waals surface area contributed by atoms with Crippen LogP contribution in [0.25, 0.3) is 0 Å². The summed E-state index contributed by atoms with van der Waals surface area (Å²) in [7, 11) is 0. The highest BCUT2D eigenvalue weighted by Crippen LogP contribution is 1.88. The van der Waals surface area contributed by atoms with E-state index in [4.69, 9.17) is 4.74 Å². The van der Waals surface area contributed by atoms with Gasteiger partial charge in [0.15, 0.2) is 0 Å². The minimum absolute atomic E-state index is 0.727. The van der Waals surface area contributed by atoms with E-state index < -0.39 is 0 Å². The summed E-state index contributed by atoms with van der Waals surface area (Å²) in [6.45, 7) is 3.77. The molecule has 1 nitrogen and oxygen atoms in total. The van der Waals surface area contributed by atoms with Crippen LogP contribution < -0.4 is 0 Å². The molecule has 2 heteroatoms. The molecule has 0 rings (SSSR count). The molecule has 0 heterocycles. The van der Waals surface area contributed by atoms with Crippen molar-refractivity contribution >= 4 is 15.9 Å². The van der Waals surface area contributed by atoms with E-state index in [1.165, 1.54) is 6.42 Å². The largest absolute Gasteiger partial charge is 0.377 e. The van der Waals surface area contributed by atoms with E-state index in [0.717, 1.165) is 19.6 Å². The molecule has 54 valence electrons. The second-order valence-corrected chi connectivity index (χ2v) is 2.32. The zero-order chi connectivity index (χ0) is 6.95. The summed E-state index contributed by atoms with van der Waals surface area (Å²) in [5.74, 6) is 0. The minimum Gasteiger partial charge on any atom is -0.377 e. The van der Waals surface area contributed by atoms with Crippen molar-refractivity contribution in [2.45, 2.75) is 19.8 Å². The van der Waals surface area contributed by atoms with Crippen LogP contribution >= 0.6 is 15.9 Å². The lowest BCUT2D eigenvalue weighted by molar-refractivity contribution is 0.159. The van der Waals surface area contributed by atoms with Gasteiger partial charge < -0.3 is 4.74 Å². The lowest BCUT2D eigenvalue weighted by Crippen LogP contribution is -1.92. The summed E-state index contributed by atoms with van der Waals surface area (Å²) in [6, 6.07) is 0. The Balaban J connectivity index is 2.75. The van der Waals surface area contributed by atoms with E-state index in [0.29, 0.717) is 0 Å². The second kappa shape index (κ2) is 8.18. The van der Waals surface area contributed by atoms with Gasteiger partial charge in [0.25, 0.3) is 0 Å². The predicted molar refractivity (Wildman–Crippen MR) is 43.8 cm³/mol. The lowest BCUT2D eigenvalue weighted by Gasteiger charge is -1.96. The molecule has 0 amide bonds. The first kappa shape index (κ1) is 9.18. The van der Waals surface area contributed by atoms with Gasteiger partial charge in [-0.1, -0.05) is 35.4 Å². The van der Waals surface area contributed by atoms with Gasteiger partial charge in [0.2, 0.25) is 0 Å². The van der Waals surface area contributed by atoms with Crippen LogP contribution in [-0.2, 0) is 4.74 Å². The molecule has 0 aromatic rings. The highest BCUT2D eigenvalue weighted by atomic mass is 79.9. The van der Waals surface area contributed by atoms with Gasteiger partial charge in [-0.25, -0.2) is 0 Å². The summed E-state index contributed by atoms with van der Waals surface area (Å²) in [4.78, 5) is 1.82. The molecular weight excluding hydrogens is 180 g/mol. The summed E-state index contributed by atoms with van der Waals surface area (Å²) in [5, 5.41) is 0. The highest BCUT2D eigenvalue weighted by Gasteiger charge is 1.80. The van der Waals surface area contributed by atoms with Gasteiger partial charge in [-0.05, 0) is 11.4 Å². The number of ether oxygens (including phenoxy) is 1. The fourth-order valence-corrected chi connectivity index (χ4v) is 0.587. The number of rotatable bonds is 5. The summed E-state index contributed by atoms with van der Waals surface area (Å²) in [5.41, 5.74) is 0. The molecule has 0 spiro atoms. The Morgan fingerprint density at radius 1 is 1.56 bits per heavy atom. The van der Waals surface area contributed by atoms with Gasteiger partial charge in [-0.15, -0.1) is 0 Å². The third kappa shape index (κ3) is 8.18. The molecule has 0 radical (unpaired) electrons. The van der Waals surface area contributed by atoms with Crippen LogP contribution in [0, 0.1) is 0 Å². The zero-order valence-electron chi connectivity index (χ0n) is 5.77. The molecule has 0 aliphatic carbocycles. The van der Waals surface area contributed by atoms with Crippen LogP contribution in [-0.4, -0.2) is 13.2 Å². The van der Waals surface area contributed by atoms with Gasteiger partial charge >= 0.3 is 0 Å². The molecule has 0 N–H and O–H groups in total. The van der Waals surface area contributed by atoms with Gasteiger partial charge in [0.1, 0.15) is 0 Å². The molecule has 0 aromatic heterocycles. The minimum atomic E-state index is 0.727. The molecule has 0 fully saturated rings. The molecule has 0 aliphatic heterocycles. The Hall–Kier alpha value is 0.180. The molecule has 9 heavy (non-hydrogen) atoms. The molecule has 0 bridgehead atoms. The zero-order valence-corrected chi connectivity index (χ0v) is 7.36. The van der Waals surface area contributed by atoms with Crippen molar-refractivity contribution in [1.82, 2.24) is 0 Å². The summed E-state index contributed by atoms with van der Waals surface area (Å²) < 4.78 is 5.20. The summed E-state index contributed by atoms with van der Waals surface area (Å²) in [6.07, 6.45) is 4.31. The molecular formula is C7H13BrO. The van der Waals surface area contributed by atoms with Crippen molar-refractivity contribution in [3.05, 3.63) is 11.1 Å². The first-order valence-corrected chi connectivity index (χ1v) is 4.16. The molecule has 0 atom stereocenters. The number of hydrogen-bond acceptors (Lipinski definition) is 1. The maximum Gasteiger partial charge on any atom is 0.0655 e. The Morgan fingerprint density at radius 2 is 2.33 bits per heavy atom. The Labute approximate surface area is 65.2 Å². The van der Waals surface area contributed by atoms with Crippen molar-refractivity contribution in [2.75, 3.05) is 13.2 Å². The number of hydrogen-bond donors (Lipinski definition) is 0. The van der Waals surface area contributed by atoms with Crippen LogP contribution in [0.2, 0.25) is 0 Å². The van der Waals surface area contributed by atoms with Gasteiger partial charge in [-0.3, -0.25) is 0 Å². The Morgan fingerprint density at radius 3 is 2.89 bits per heavy atom. The van der Waals surface area contributed by atoms with E-state index >= 15 is 0 Å². The lowest BCUT2D eigenvalue weighted by atomic mass is 10.4. The fourth-order valence-electron chi connectivity index (χ4n) is 0.434. The Bertz CT molecular complexity index is 71.3. The van der Waals surface area contributed by atoms with Crippen LogP contribution in [0.5, 0.6) is 0 Å². The monoisotopic (exact) mass is 192 g/mol. The topological polar surface area (TPSA) is 9.23 Å². The van der Waals surface area contributed by atoms with Gasteiger partial charge in [0, 0.05) is 6.61 Å². The first-order chi connectivity index (χ1) is 4.41. The SMILES string of the molecule is CCCCOC/C=C\Br. The van der Waals surface area contributed by atoms with E-state index in [1.54, 1.807) is 0 Å². The van der Waals surface area contributed by atoms with Crippen LogP contribution in [0.15, 0.2) is 11.1 Å². The predicted octanol–water partition coefficient (Wildman–Crippen LogP) is 2.71. The van der Waals surface area contributed by atoms with Gasteiger partial charge in [0.05, 0.1) is 6.61 Å². The third-order valence-corrected chi connectivity index (χ3v) is 1.32. The average molecular weight is 193 g/mol. The number of unbranched alkanes of at least 4 members (excludes halogenated alkanes) is 1. The van der Waals surface area contributed by atoms with Crippen molar-refractivity contribution in [1.29, 1.82) is 0 Å². The molecule has 0 aromatic carbocycles. The maximum atomic E-state index is 5.20. The smallest absolute Gasteiger partial charge is 0.0655 e. The molecule has 0 saturated carbocycles. The van der Waals surface area contributed by atoms with E-state index in [1.807, 2.05) is 11.1 Å².